The number of benzene rings is 1. The van der Waals surface area contributed by atoms with Crippen molar-refractivity contribution in [1.29, 1.82) is 0 Å². The van der Waals surface area contributed by atoms with Gasteiger partial charge in [0.05, 0.1) is 20.3 Å². The van der Waals surface area contributed by atoms with Crippen LogP contribution in [0.1, 0.15) is 18.1 Å². The molecule has 1 saturated heterocycles. The molecule has 1 atom stereocenters. The van der Waals surface area contributed by atoms with Gasteiger partial charge in [0.25, 0.3) is 0 Å². The first-order valence-corrected chi connectivity index (χ1v) is 9.00. The van der Waals surface area contributed by atoms with Gasteiger partial charge in [0.15, 0.2) is 5.96 Å². The Balaban J connectivity index is 0.00000338. The summed E-state index contributed by atoms with van der Waals surface area (Å²) in [7, 11) is 3.51. The lowest BCUT2D eigenvalue weighted by molar-refractivity contribution is 0.0320. The van der Waals surface area contributed by atoms with Gasteiger partial charge in [-0.1, -0.05) is 19.1 Å². The molecule has 1 heterocycles. The van der Waals surface area contributed by atoms with Gasteiger partial charge < -0.3 is 20.1 Å². The zero-order valence-electron chi connectivity index (χ0n) is 16.4. The predicted molar refractivity (Wildman–Crippen MR) is 118 cm³/mol. The van der Waals surface area contributed by atoms with E-state index in [9.17, 15) is 0 Å². The maximum Gasteiger partial charge on any atom is 0.191 e. The van der Waals surface area contributed by atoms with Crippen LogP contribution in [0.3, 0.4) is 0 Å². The van der Waals surface area contributed by atoms with Crippen molar-refractivity contribution in [2.24, 2.45) is 10.9 Å². The summed E-state index contributed by atoms with van der Waals surface area (Å²) in [5, 5.41) is 6.78. The summed E-state index contributed by atoms with van der Waals surface area (Å²) >= 11 is 0. The van der Waals surface area contributed by atoms with Gasteiger partial charge in [-0.05, 0) is 24.5 Å². The quantitative estimate of drug-likeness (QED) is 0.359. The van der Waals surface area contributed by atoms with Crippen molar-refractivity contribution in [2.75, 3.05) is 53.6 Å². The zero-order chi connectivity index (χ0) is 18.1. The van der Waals surface area contributed by atoms with E-state index < -0.39 is 0 Å². The molecule has 7 heteroatoms. The standard InChI is InChI=1S/C19H32N4O2.HI/c1-15-5-6-17(18(11-15)24-4)13-22-19(20-3)21-12-16(2)14-23-7-9-25-10-8-23;/h5-6,11,16H,7-10,12-14H2,1-4H3,(H2,20,21,22);1H. The van der Waals surface area contributed by atoms with E-state index in [2.05, 4.69) is 52.6 Å². The second-order valence-electron chi connectivity index (χ2n) is 6.64. The third-order valence-corrected chi connectivity index (χ3v) is 4.40. The summed E-state index contributed by atoms with van der Waals surface area (Å²) in [6, 6.07) is 6.24. The van der Waals surface area contributed by atoms with Gasteiger partial charge in [-0.3, -0.25) is 9.89 Å². The largest absolute Gasteiger partial charge is 0.496 e. The van der Waals surface area contributed by atoms with Crippen LogP contribution in [-0.4, -0.2) is 64.4 Å². The number of hydrogen-bond donors (Lipinski definition) is 2. The molecule has 0 saturated carbocycles. The topological polar surface area (TPSA) is 58.1 Å². The molecule has 1 unspecified atom stereocenters. The van der Waals surface area contributed by atoms with Gasteiger partial charge in [0.1, 0.15) is 5.75 Å². The number of halogens is 1. The van der Waals surface area contributed by atoms with Gasteiger partial charge in [-0.25, -0.2) is 0 Å². The first kappa shape index (κ1) is 23.0. The molecule has 1 fully saturated rings. The van der Waals surface area contributed by atoms with Crippen molar-refractivity contribution in [3.8, 4) is 5.75 Å². The minimum atomic E-state index is 0. The zero-order valence-corrected chi connectivity index (χ0v) is 18.7. The molecule has 148 valence electrons. The molecule has 1 aromatic carbocycles. The number of nitrogens with zero attached hydrogens (tertiary/aromatic N) is 2. The van der Waals surface area contributed by atoms with E-state index >= 15 is 0 Å². The van der Waals surface area contributed by atoms with Crippen molar-refractivity contribution >= 4 is 29.9 Å². The number of aryl methyl sites for hydroxylation is 1. The highest BCUT2D eigenvalue weighted by molar-refractivity contribution is 14.0. The molecule has 26 heavy (non-hydrogen) atoms. The number of ether oxygens (including phenoxy) is 2. The van der Waals surface area contributed by atoms with E-state index in [4.69, 9.17) is 9.47 Å². The highest BCUT2D eigenvalue weighted by Crippen LogP contribution is 2.19. The van der Waals surface area contributed by atoms with E-state index in [-0.39, 0.29) is 24.0 Å². The van der Waals surface area contributed by atoms with Crippen LogP contribution in [0.4, 0.5) is 0 Å². The molecule has 1 aromatic rings. The molecule has 2 N–H and O–H groups in total. The lowest BCUT2D eigenvalue weighted by Crippen LogP contribution is -2.43. The van der Waals surface area contributed by atoms with Crippen LogP contribution in [0, 0.1) is 12.8 Å². The van der Waals surface area contributed by atoms with Crippen LogP contribution < -0.4 is 15.4 Å². The smallest absolute Gasteiger partial charge is 0.191 e. The second kappa shape index (κ2) is 12.3. The van der Waals surface area contributed by atoms with Crippen LogP contribution in [0.15, 0.2) is 23.2 Å². The maximum atomic E-state index is 5.46. The Labute approximate surface area is 174 Å². The van der Waals surface area contributed by atoms with Crippen molar-refractivity contribution in [2.45, 2.75) is 20.4 Å². The highest BCUT2D eigenvalue weighted by atomic mass is 127. The normalized spacial score (nSPS) is 16.5. The average Bonchev–Trinajstić information content (AvgIpc) is 2.63. The Hall–Kier alpha value is -1.06. The number of nitrogens with one attached hydrogen (secondary N) is 2. The van der Waals surface area contributed by atoms with Gasteiger partial charge in [-0.2, -0.15) is 0 Å². The number of methoxy groups -OCH3 is 1. The summed E-state index contributed by atoms with van der Waals surface area (Å²) in [5.74, 6) is 2.27. The van der Waals surface area contributed by atoms with Crippen molar-refractivity contribution in [3.63, 3.8) is 0 Å². The van der Waals surface area contributed by atoms with Crippen LogP contribution in [0.2, 0.25) is 0 Å². The molecule has 2 rings (SSSR count). The van der Waals surface area contributed by atoms with Crippen molar-refractivity contribution < 1.29 is 9.47 Å². The van der Waals surface area contributed by atoms with E-state index in [0.717, 1.165) is 56.7 Å². The Bertz CT molecular complexity index is 562. The van der Waals surface area contributed by atoms with Crippen LogP contribution >= 0.6 is 24.0 Å². The molecule has 0 bridgehead atoms. The Morgan fingerprint density at radius 3 is 2.69 bits per heavy atom. The maximum absolute atomic E-state index is 5.46. The molecule has 1 aliphatic heterocycles. The molecule has 6 nitrogen and oxygen atoms in total. The van der Waals surface area contributed by atoms with Gasteiger partial charge >= 0.3 is 0 Å². The molecule has 0 aromatic heterocycles. The SMILES string of the molecule is CN=C(NCc1ccc(C)cc1OC)NCC(C)CN1CCOCC1.I. The molecular weight excluding hydrogens is 443 g/mol. The predicted octanol–water partition coefficient (Wildman–Crippen LogP) is 2.25. The minimum Gasteiger partial charge on any atom is -0.496 e. The summed E-state index contributed by atoms with van der Waals surface area (Å²) in [4.78, 5) is 6.78. The minimum absolute atomic E-state index is 0. The summed E-state index contributed by atoms with van der Waals surface area (Å²) in [5.41, 5.74) is 2.32. The first-order valence-electron chi connectivity index (χ1n) is 9.00. The molecule has 1 aliphatic rings. The lowest BCUT2D eigenvalue weighted by atomic mass is 10.1. The monoisotopic (exact) mass is 476 g/mol. The number of guanidine groups is 1. The van der Waals surface area contributed by atoms with Crippen molar-refractivity contribution in [3.05, 3.63) is 29.3 Å². The average molecular weight is 476 g/mol. The lowest BCUT2D eigenvalue weighted by Gasteiger charge is -2.29. The van der Waals surface area contributed by atoms with Crippen molar-refractivity contribution in [1.82, 2.24) is 15.5 Å². The summed E-state index contributed by atoms with van der Waals surface area (Å²) in [6.07, 6.45) is 0. The number of hydrogen-bond acceptors (Lipinski definition) is 4. The van der Waals surface area contributed by atoms with Gasteiger partial charge in [0, 0.05) is 45.3 Å². The molecule has 0 aliphatic carbocycles. The summed E-state index contributed by atoms with van der Waals surface area (Å²) < 4.78 is 10.9. The Kier molecular flexibility index (Phi) is 10.9. The highest BCUT2D eigenvalue weighted by Gasteiger charge is 2.14. The molecular formula is C19H33IN4O2. The van der Waals surface area contributed by atoms with Gasteiger partial charge in [0.2, 0.25) is 0 Å². The van der Waals surface area contributed by atoms with E-state index in [1.54, 1.807) is 14.2 Å². The first-order chi connectivity index (χ1) is 12.1. The fourth-order valence-electron chi connectivity index (χ4n) is 2.96. The fraction of sp³-hybridized carbons (Fsp3) is 0.632. The van der Waals surface area contributed by atoms with E-state index in [1.807, 2.05) is 0 Å². The fourth-order valence-corrected chi connectivity index (χ4v) is 2.96. The Morgan fingerprint density at radius 1 is 1.31 bits per heavy atom. The van der Waals surface area contributed by atoms with E-state index in [0.29, 0.717) is 12.5 Å². The molecule has 0 amide bonds. The molecule has 0 radical (unpaired) electrons. The summed E-state index contributed by atoms with van der Waals surface area (Å²) in [6.45, 7) is 10.7. The third kappa shape index (κ3) is 7.67. The number of rotatable bonds is 7. The number of morpholine rings is 1. The molecule has 0 spiro atoms. The third-order valence-electron chi connectivity index (χ3n) is 4.40. The van der Waals surface area contributed by atoms with Crippen LogP contribution in [0.5, 0.6) is 5.75 Å². The Morgan fingerprint density at radius 2 is 2.04 bits per heavy atom. The van der Waals surface area contributed by atoms with Crippen LogP contribution in [0.25, 0.3) is 0 Å². The van der Waals surface area contributed by atoms with Gasteiger partial charge in [-0.15, -0.1) is 24.0 Å². The van der Waals surface area contributed by atoms with E-state index in [1.165, 1.54) is 5.56 Å². The number of aliphatic imine (C=N–C) groups is 1. The second-order valence-corrected chi connectivity index (χ2v) is 6.64. The van der Waals surface area contributed by atoms with Crippen LogP contribution in [-0.2, 0) is 11.3 Å².